The van der Waals surface area contributed by atoms with E-state index in [1.54, 1.807) is 16.6 Å². The Morgan fingerprint density at radius 1 is 1.19 bits per heavy atom. The lowest BCUT2D eigenvalue weighted by Gasteiger charge is -2.07. The van der Waals surface area contributed by atoms with Crippen molar-refractivity contribution in [3.8, 4) is 0 Å². The van der Waals surface area contributed by atoms with Gasteiger partial charge in [-0.1, -0.05) is 49.0 Å². The maximum Gasteiger partial charge on any atom is 0.338 e. The Balaban J connectivity index is 1.41. The first-order valence-electron chi connectivity index (χ1n) is 10.3. The Kier molecular flexibility index (Phi) is 6.50. The molecule has 3 heterocycles. The van der Waals surface area contributed by atoms with Crippen LogP contribution in [0.5, 0.6) is 0 Å². The van der Waals surface area contributed by atoms with E-state index in [9.17, 15) is 4.79 Å². The molecule has 9 nitrogen and oxygen atoms in total. The molecule has 0 atom stereocenters. The molecule has 0 amide bonds. The quantitative estimate of drug-likeness (QED) is 0.290. The molecule has 0 aliphatic heterocycles. The molecule has 4 aromatic rings. The van der Waals surface area contributed by atoms with Gasteiger partial charge in [-0.25, -0.2) is 14.3 Å². The van der Waals surface area contributed by atoms with Gasteiger partial charge in [0, 0.05) is 23.6 Å². The second-order valence-electron chi connectivity index (χ2n) is 7.87. The summed E-state index contributed by atoms with van der Waals surface area (Å²) < 4.78 is 12.3. The first-order valence-corrected chi connectivity index (χ1v) is 11.3. The third kappa shape index (κ3) is 5.13. The number of nitrogens with zero attached hydrogens (tertiary/aromatic N) is 6. The van der Waals surface area contributed by atoms with E-state index in [-0.39, 0.29) is 12.5 Å². The molecule has 0 unspecified atom stereocenters. The molecule has 4 rings (SSSR count). The third-order valence-electron chi connectivity index (χ3n) is 4.62. The van der Waals surface area contributed by atoms with Crippen LogP contribution in [0.25, 0.3) is 5.78 Å². The third-order valence-corrected chi connectivity index (χ3v) is 5.51. The number of rotatable bonds is 8. The zero-order valence-electron chi connectivity index (χ0n) is 18.4. The fourth-order valence-corrected chi connectivity index (χ4v) is 4.02. The van der Waals surface area contributed by atoms with E-state index in [4.69, 9.17) is 9.26 Å². The monoisotopic (exact) mass is 452 g/mol. The smallest absolute Gasteiger partial charge is 0.338 e. The number of ether oxygens (including phenoxy) is 1. The zero-order chi connectivity index (χ0) is 22.7. The summed E-state index contributed by atoms with van der Waals surface area (Å²) >= 11 is 1.44. The molecule has 0 fully saturated rings. The molecule has 0 bridgehead atoms. The second-order valence-corrected chi connectivity index (χ2v) is 8.81. The predicted octanol–water partition coefficient (Wildman–Crippen LogP) is 3.97. The number of thioether (sulfide) groups is 1. The Hall–Kier alpha value is -3.27. The van der Waals surface area contributed by atoms with Crippen LogP contribution in [0, 0.1) is 19.8 Å². The Morgan fingerprint density at radius 3 is 2.81 bits per heavy atom. The van der Waals surface area contributed by atoms with Gasteiger partial charge < -0.3 is 9.26 Å². The molecule has 0 saturated carbocycles. The molecular weight excluding hydrogens is 428 g/mol. The van der Waals surface area contributed by atoms with E-state index in [2.05, 4.69) is 39.1 Å². The highest BCUT2D eigenvalue weighted by Gasteiger charge is 2.16. The first kappa shape index (κ1) is 21.9. The standard InChI is InChI=1S/C22H24N6O3S/c1-13(2)9-18-24-19(31-27-18)11-30-20(29)17-8-6-5-7-16(17)12-32-22-25-21-23-14(3)10-15(4)28(21)26-22/h5-8,10,13H,9,11-12H2,1-4H3. The van der Waals surface area contributed by atoms with Crippen LogP contribution in [0.4, 0.5) is 0 Å². The minimum absolute atomic E-state index is 0.0658. The molecule has 32 heavy (non-hydrogen) atoms. The number of esters is 1. The van der Waals surface area contributed by atoms with Crippen molar-refractivity contribution in [3.63, 3.8) is 0 Å². The first-order chi connectivity index (χ1) is 15.4. The summed E-state index contributed by atoms with van der Waals surface area (Å²) in [5.74, 6) is 1.95. The Labute approximate surface area is 189 Å². The molecule has 0 N–H and O–H groups in total. The van der Waals surface area contributed by atoms with Gasteiger partial charge in [-0.05, 0) is 37.5 Å². The lowest BCUT2D eigenvalue weighted by Crippen LogP contribution is -2.08. The summed E-state index contributed by atoms with van der Waals surface area (Å²) in [6.45, 7) is 7.97. The van der Waals surface area contributed by atoms with Crippen molar-refractivity contribution in [2.45, 2.75) is 51.6 Å². The molecule has 0 aliphatic rings. The van der Waals surface area contributed by atoms with Crippen molar-refractivity contribution >= 4 is 23.5 Å². The van der Waals surface area contributed by atoms with E-state index >= 15 is 0 Å². The predicted molar refractivity (Wildman–Crippen MR) is 118 cm³/mol. The summed E-state index contributed by atoms with van der Waals surface area (Å²) in [5, 5.41) is 9.01. The van der Waals surface area contributed by atoms with Crippen LogP contribution in [0.2, 0.25) is 0 Å². The second kappa shape index (κ2) is 9.47. The fourth-order valence-electron chi connectivity index (χ4n) is 3.20. The van der Waals surface area contributed by atoms with Gasteiger partial charge in [0.25, 0.3) is 11.7 Å². The van der Waals surface area contributed by atoms with E-state index in [1.807, 2.05) is 32.0 Å². The molecule has 0 saturated heterocycles. The molecule has 0 aliphatic carbocycles. The Morgan fingerprint density at radius 2 is 2.00 bits per heavy atom. The van der Waals surface area contributed by atoms with Crippen LogP contribution in [-0.4, -0.2) is 35.7 Å². The van der Waals surface area contributed by atoms with Crippen LogP contribution in [0.15, 0.2) is 40.0 Å². The maximum atomic E-state index is 12.7. The van der Waals surface area contributed by atoms with E-state index in [0.717, 1.165) is 17.0 Å². The molecule has 0 spiro atoms. The van der Waals surface area contributed by atoms with E-state index in [0.29, 0.717) is 40.4 Å². The topological polar surface area (TPSA) is 108 Å². The highest BCUT2D eigenvalue weighted by molar-refractivity contribution is 7.98. The molecule has 0 radical (unpaired) electrons. The van der Waals surface area contributed by atoms with Gasteiger partial charge in [-0.2, -0.15) is 9.97 Å². The summed E-state index contributed by atoms with van der Waals surface area (Å²) in [6, 6.07) is 9.27. The maximum absolute atomic E-state index is 12.7. The number of aryl methyl sites for hydroxylation is 2. The van der Waals surface area contributed by atoms with E-state index in [1.165, 1.54) is 11.8 Å². The Bertz CT molecular complexity index is 1250. The van der Waals surface area contributed by atoms with Crippen molar-refractivity contribution in [3.05, 3.63) is 64.6 Å². The lowest BCUT2D eigenvalue weighted by molar-refractivity contribution is 0.0429. The van der Waals surface area contributed by atoms with Gasteiger partial charge in [-0.15, -0.1) is 5.10 Å². The number of carbonyl (C=O) groups is 1. The van der Waals surface area contributed by atoms with Crippen molar-refractivity contribution in [2.75, 3.05) is 0 Å². The van der Waals surface area contributed by atoms with Crippen LogP contribution < -0.4 is 0 Å². The zero-order valence-corrected chi connectivity index (χ0v) is 19.2. The largest absolute Gasteiger partial charge is 0.452 e. The van der Waals surface area contributed by atoms with Crippen molar-refractivity contribution in [1.29, 1.82) is 0 Å². The van der Waals surface area contributed by atoms with E-state index < -0.39 is 5.97 Å². The number of hydrogen-bond donors (Lipinski definition) is 0. The lowest BCUT2D eigenvalue weighted by atomic mass is 10.1. The summed E-state index contributed by atoms with van der Waals surface area (Å²) in [6.07, 6.45) is 0.712. The molecular formula is C22H24N6O3S. The average Bonchev–Trinajstić information content (AvgIpc) is 3.37. The molecule has 3 aromatic heterocycles. The molecule has 10 heteroatoms. The SMILES string of the molecule is Cc1cc(C)n2nc(SCc3ccccc3C(=O)OCc3nc(CC(C)C)no3)nc2n1. The van der Waals surface area contributed by atoms with Gasteiger partial charge in [-0.3, -0.25) is 0 Å². The van der Waals surface area contributed by atoms with Gasteiger partial charge in [0.1, 0.15) is 0 Å². The summed E-state index contributed by atoms with van der Waals surface area (Å²) in [7, 11) is 0. The number of hydrogen-bond acceptors (Lipinski definition) is 9. The number of carbonyl (C=O) groups excluding carboxylic acids is 1. The van der Waals surface area contributed by atoms with Crippen molar-refractivity contribution < 1.29 is 14.1 Å². The minimum atomic E-state index is -0.444. The number of benzene rings is 1. The fraction of sp³-hybridized carbons (Fsp3) is 0.364. The van der Waals surface area contributed by atoms with Gasteiger partial charge in [0.05, 0.1) is 5.56 Å². The van der Waals surface area contributed by atoms with Crippen LogP contribution in [0.1, 0.15) is 52.9 Å². The molecule has 166 valence electrons. The molecule has 1 aromatic carbocycles. The van der Waals surface area contributed by atoms with Gasteiger partial charge in [0.15, 0.2) is 12.4 Å². The number of fused-ring (bicyclic) bond motifs is 1. The summed E-state index contributed by atoms with van der Waals surface area (Å²) in [5.41, 5.74) is 3.17. The van der Waals surface area contributed by atoms with Crippen molar-refractivity contribution in [1.82, 2.24) is 29.7 Å². The van der Waals surface area contributed by atoms with Gasteiger partial charge >= 0.3 is 5.97 Å². The average molecular weight is 453 g/mol. The van der Waals surface area contributed by atoms with Gasteiger partial charge in [0.2, 0.25) is 5.16 Å². The minimum Gasteiger partial charge on any atom is -0.452 e. The highest BCUT2D eigenvalue weighted by atomic mass is 32.2. The van der Waals surface area contributed by atoms with Crippen LogP contribution in [0.3, 0.4) is 0 Å². The van der Waals surface area contributed by atoms with Crippen molar-refractivity contribution in [2.24, 2.45) is 5.92 Å². The van der Waals surface area contributed by atoms with Crippen LogP contribution >= 0.6 is 11.8 Å². The number of aromatic nitrogens is 6. The summed E-state index contributed by atoms with van der Waals surface area (Å²) in [4.78, 5) is 25.8. The highest BCUT2D eigenvalue weighted by Crippen LogP contribution is 2.23. The normalized spacial score (nSPS) is 11.4. The van der Waals surface area contributed by atoms with Crippen LogP contribution in [-0.2, 0) is 23.5 Å².